The first kappa shape index (κ1) is 20.1. The van der Waals surface area contributed by atoms with Crippen LogP contribution in [0.4, 0.5) is 11.4 Å². The Bertz CT molecular complexity index is 790. The molecule has 2 aromatic carbocycles. The molecule has 2 aromatic rings. The van der Waals surface area contributed by atoms with Gasteiger partial charge in [0.15, 0.2) is 12.6 Å². The molecule has 0 aromatic heterocycles. The van der Waals surface area contributed by atoms with Gasteiger partial charge in [0, 0.05) is 15.8 Å². The van der Waals surface area contributed by atoms with Gasteiger partial charge in [0.05, 0.1) is 7.05 Å². The van der Waals surface area contributed by atoms with Gasteiger partial charge in [0.1, 0.15) is 0 Å². The van der Waals surface area contributed by atoms with Crippen molar-refractivity contribution in [1.29, 1.82) is 0 Å². The predicted molar refractivity (Wildman–Crippen MR) is 109 cm³/mol. The van der Waals surface area contributed by atoms with Gasteiger partial charge in [0.2, 0.25) is 0 Å². The Morgan fingerprint density at radius 2 is 1.73 bits per heavy atom. The molecular formula is C20H25BrN3O2+. The molecule has 2 rings (SSSR count). The van der Waals surface area contributed by atoms with Gasteiger partial charge in [0.25, 0.3) is 11.8 Å². The number of quaternary nitrogens is 1. The van der Waals surface area contributed by atoms with Crippen LogP contribution < -0.4 is 15.5 Å². The van der Waals surface area contributed by atoms with E-state index in [-0.39, 0.29) is 24.4 Å². The van der Waals surface area contributed by atoms with Gasteiger partial charge in [-0.2, -0.15) is 0 Å². The third-order valence-corrected chi connectivity index (χ3v) is 4.88. The molecule has 6 heteroatoms. The average Bonchev–Trinajstić information content (AvgIpc) is 2.59. The van der Waals surface area contributed by atoms with Crippen LogP contribution in [-0.2, 0) is 9.59 Å². The molecule has 0 radical (unpaired) electrons. The van der Waals surface area contributed by atoms with Crippen LogP contribution in [0.5, 0.6) is 0 Å². The van der Waals surface area contributed by atoms with E-state index in [9.17, 15) is 9.59 Å². The molecule has 138 valence electrons. The minimum atomic E-state index is -0.358. The fourth-order valence-corrected chi connectivity index (χ4v) is 2.74. The van der Waals surface area contributed by atoms with Crippen molar-refractivity contribution in [3.8, 4) is 0 Å². The van der Waals surface area contributed by atoms with Crippen LogP contribution in [0.1, 0.15) is 18.1 Å². The quantitative estimate of drug-likeness (QED) is 0.674. The Hall–Kier alpha value is -2.18. The molecule has 0 heterocycles. The molecule has 2 atom stereocenters. The second-order valence-electron chi connectivity index (χ2n) is 6.61. The summed E-state index contributed by atoms with van der Waals surface area (Å²) in [5, 5.41) is 5.81. The van der Waals surface area contributed by atoms with Crippen LogP contribution >= 0.6 is 15.9 Å². The Morgan fingerprint density at radius 1 is 1.08 bits per heavy atom. The number of likely N-dealkylation sites (N-methyl/N-ethyl adjacent to an activating group) is 1. The monoisotopic (exact) mass is 418 g/mol. The van der Waals surface area contributed by atoms with E-state index in [2.05, 4.69) is 26.6 Å². The van der Waals surface area contributed by atoms with Crippen LogP contribution in [0.3, 0.4) is 0 Å². The highest BCUT2D eigenvalue weighted by Crippen LogP contribution is 2.16. The first-order valence-corrected chi connectivity index (χ1v) is 9.31. The fraction of sp³-hybridized carbons (Fsp3) is 0.300. The summed E-state index contributed by atoms with van der Waals surface area (Å²) in [5.74, 6) is -0.233. The maximum Gasteiger partial charge on any atom is 0.282 e. The van der Waals surface area contributed by atoms with Crippen molar-refractivity contribution in [2.24, 2.45) is 0 Å². The number of anilines is 2. The summed E-state index contributed by atoms with van der Waals surface area (Å²) in [6, 6.07) is 13.0. The summed E-state index contributed by atoms with van der Waals surface area (Å²) in [7, 11) is 1.84. The third kappa shape index (κ3) is 5.68. The van der Waals surface area contributed by atoms with E-state index in [1.165, 1.54) is 0 Å². The number of hydrogen-bond acceptors (Lipinski definition) is 2. The van der Waals surface area contributed by atoms with Gasteiger partial charge in [-0.05, 0) is 62.2 Å². The van der Waals surface area contributed by atoms with E-state index >= 15 is 0 Å². The zero-order valence-corrected chi connectivity index (χ0v) is 17.1. The van der Waals surface area contributed by atoms with Gasteiger partial charge in [-0.25, -0.2) is 0 Å². The van der Waals surface area contributed by atoms with Gasteiger partial charge >= 0.3 is 0 Å². The number of amides is 2. The average molecular weight is 419 g/mol. The van der Waals surface area contributed by atoms with Gasteiger partial charge in [-0.15, -0.1) is 0 Å². The van der Waals surface area contributed by atoms with Crippen LogP contribution in [0.25, 0.3) is 0 Å². The van der Waals surface area contributed by atoms with Crippen LogP contribution in [-0.4, -0.2) is 31.4 Å². The van der Waals surface area contributed by atoms with Crippen LogP contribution in [0.2, 0.25) is 0 Å². The van der Waals surface area contributed by atoms with E-state index in [0.717, 1.165) is 31.9 Å². The molecular weight excluding hydrogens is 394 g/mol. The second-order valence-corrected chi connectivity index (χ2v) is 7.52. The second kappa shape index (κ2) is 8.96. The first-order valence-electron chi connectivity index (χ1n) is 8.52. The zero-order valence-electron chi connectivity index (χ0n) is 15.5. The molecule has 0 spiro atoms. The molecule has 0 aliphatic carbocycles. The Labute approximate surface area is 162 Å². The van der Waals surface area contributed by atoms with Crippen LogP contribution in [0, 0.1) is 13.8 Å². The number of hydrogen-bond donors (Lipinski definition) is 3. The van der Waals surface area contributed by atoms with E-state index in [1.54, 1.807) is 0 Å². The van der Waals surface area contributed by atoms with Crippen molar-refractivity contribution >= 4 is 39.1 Å². The summed E-state index contributed by atoms with van der Waals surface area (Å²) in [5.41, 5.74) is 3.66. The molecule has 0 aliphatic rings. The lowest BCUT2D eigenvalue weighted by molar-refractivity contribution is -0.885. The molecule has 0 fully saturated rings. The zero-order chi connectivity index (χ0) is 19.3. The number of benzene rings is 2. The summed E-state index contributed by atoms with van der Waals surface area (Å²) < 4.78 is 0.953. The third-order valence-electron chi connectivity index (χ3n) is 4.35. The van der Waals surface area contributed by atoms with Crippen molar-refractivity contribution in [3.05, 3.63) is 58.1 Å². The SMILES string of the molecule is Cc1ccc(C)c(NC(=O)C[NH+](C)[C@@H](C)C(=O)Nc2ccc(Br)cc2)c1. The van der Waals surface area contributed by atoms with E-state index in [4.69, 9.17) is 0 Å². The minimum absolute atomic E-state index is 0.112. The predicted octanol–water partition coefficient (Wildman–Crippen LogP) is 2.55. The lowest BCUT2D eigenvalue weighted by atomic mass is 10.1. The van der Waals surface area contributed by atoms with Crippen molar-refractivity contribution in [2.75, 3.05) is 24.2 Å². The van der Waals surface area contributed by atoms with E-state index in [0.29, 0.717) is 0 Å². The van der Waals surface area contributed by atoms with Gasteiger partial charge < -0.3 is 15.5 Å². The number of nitrogens with one attached hydrogen (secondary N) is 3. The topological polar surface area (TPSA) is 62.6 Å². The van der Waals surface area contributed by atoms with Gasteiger partial charge in [-0.3, -0.25) is 9.59 Å². The molecule has 0 bridgehead atoms. The highest BCUT2D eigenvalue weighted by Gasteiger charge is 2.24. The Kier molecular flexibility index (Phi) is 6.94. The van der Waals surface area contributed by atoms with E-state index < -0.39 is 0 Å². The number of rotatable bonds is 6. The van der Waals surface area contributed by atoms with Crippen molar-refractivity contribution in [1.82, 2.24) is 0 Å². The number of carbonyl (C=O) groups is 2. The Morgan fingerprint density at radius 3 is 2.38 bits per heavy atom. The fourth-order valence-electron chi connectivity index (χ4n) is 2.48. The smallest absolute Gasteiger partial charge is 0.282 e. The normalized spacial score (nSPS) is 13.0. The summed E-state index contributed by atoms with van der Waals surface area (Å²) in [6.07, 6.45) is 0. The number of carbonyl (C=O) groups excluding carboxylic acids is 2. The summed E-state index contributed by atoms with van der Waals surface area (Å²) >= 11 is 3.37. The maximum absolute atomic E-state index is 12.4. The number of halogens is 1. The Balaban J connectivity index is 1.91. The van der Waals surface area contributed by atoms with E-state index in [1.807, 2.05) is 70.3 Å². The molecule has 26 heavy (non-hydrogen) atoms. The maximum atomic E-state index is 12.4. The summed E-state index contributed by atoms with van der Waals surface area (Å²) in [6.45, 7) is 5.97. The first-order chi connectivity index (χ1) is 12.3. The highest BCUT2D eigenvalue weighted by molar-refractivity contribution is 9.10. The largest absolute Gasteiger partial charge is 0.321 e. The molecule has 3 N–H and O–H groups in total. The molecule has 2 amide bonds. The van der Waals surface area contributed by atoms with Crippen molar-refractivity contribution in [3.63, 3.8) is 0 Å². The van der Waals surface area contributed by atoms with Gasteiger partial charge in [-0.1, -0.05) is 28.1 Å². The molecule has 0 saturated heterocycles. The lowest BCUT2D eigenvalue weighted by Gasteiger charge is -2.21. The number of aryl methyl sites for hydroxylation is 2. The van der Waals surface area contributed by atoms with Crippen LogP contribution in [0.15, 0.2) is 46.9 Å². The molecule has 5 nitrogen and oxygen atoms in total. The molecule has 0 saturated carbocycles. The summed E-state index contributed by atoms with van der Waals surface area (Å²) in [4.78, 5) is 25.6. The minimum Gasteiger partial charge on any atom is -0.321 e. The van der Waals surface area contributed by atoms with Crippen molar-refractivity contribution in [2.45, 2.75) is 26.8 Å². The van der Waals surface area contributed by atoms with Crippen molar-refractivity contribution < 1.29 is 14.5 Å². The standard InChI is InChI=1S/C20H24BrN3O2/c1-13-5-6-14(2)18(11-13)23-19(25)12-24(4)15(3)20(26)22-17-9-7-16(21)8-10-17/h5-11,15H,12H2,1-4H3,(H,22,26)(H,23,25)/p+1/t15-/m0/s1. The molecule has 1 unspecified atom stereocenters. The molecule has 0 aliphatic heterocycles. The highest BCUT2D eigenvalue weighted by atomic mass is 79.9. The lowest BCUT2D eigenvalue weighted by Crippen LogP contribution is -3.14.